The van der Waals surface area contributed by atoms with Gasteiger partial charge in [0.2, 0.25) is 0 Å². The molecule has 5 heteroatoms. The maximum Gasteiger partial charge on any atom is 0.326 e. The van der Waals surface area contributed by atoms with Gasteiger partial charge in [0.25, 0.3) is 0 Å². The smallest absolute Gasteiger partial charge is 0.305 e. The predicted octanol–water partition coefficient (Wildman–Crippen LogP) is 3.13. The Morgan fingerprint density at radius 3 is 2.91 bits per heavy atom. The highest BCUT2D eigenvalue weighted by Crippen LogP contribution is 2.27. The first kappa shape index (κ1) is 13.5. The molecule has 0 unspecified atom stereocenters. The van der Waals surface area contributed by atoms with E-state index < -0.39 is 0 Å². The van der Waals surface area contributed by atoms with E-state index in [2.05, 4.69) is 21.5 Å². The van der Waals surface area contributed by atoms with Crippen LogP contribution >= 0.6 is 0 Å². The number of hydrogen-bond acceptors (Lipinski definition) is 3. The molecule has 0 amide bonds. The summed E-state index contributed by atoms with van der Waals surface area (Å²) in [6, 6.07) is 9.92. The molecule has 1 N–H and O–H groups in total. The molecule has 5 nitrogen and oxygen atoms in total. The van der Waals surface area contributed by atoms with E-state index in [1.165, 1.54) is 0 Å². The zero-order valence-electron chi connectivity index (χ0n) is 12.4. The number of imidazole rings is 1. The van der Waals surface area contributed by atoms with E-state index in [1.54, 1.807) is 23.0 Å². The van der Waals surface area contributed by atoms with Gasteiger partial charge in [-0.3, -0.25) is 14.5 Å². The maximum atomic E-state index is 12.1. The summed E-state index contributed by atoms with van der Waals surface area (Å²) in [6.07, 6.45) is 6.99. The second-order valence-electron chi connectivity index (χ2n) is 5.32. The van der Waals surface area contributed by atoms with Crippen LogP contribution in [0.25, 0.3) is 33.1 Å². The van der Waals surface area contributed by atoms with Gasteiger partial charge in [0, 0.05) is 29.9 Å². The summed E-state index contributed by atoms with van der Waals surface area (Å²) in [5, 5.41) is 0.920. The molecular weight excluding hydrogens is 288 g/mol. The molecule has 0 aliphatic carbocycles. The van der Waals surface area contributed by atoms with Crippen LogP contribution < -0.4 is 5.69 Å². The number of allylic oxidation sites excluding steroid dienone is 1. The van der Waals surface area contributed by atoms with Crippen LogP contribution in [0, 0.1) is 0 Å². The first-order valence-corrected chi connectivity index (χ1v) is 7.30. The Balaban J connectivity index is 2.03. The number of H-pyrrole nitrogens is 1. The minimum Gasteiger partial charge on any atom is -0.305 e. The number of nitrogens with one attached hydrogen (secondary N) is 1. The van der Waals surface area contributed by atoms with Gasteiger partial charge in [0.1, 0.15) is 0 Å². The molecule has 3 aromatic heterocycles. The van der Waals surface area contributed by atoms with Gasteiger partial charge in [-0.25, -0.2) is 4.79 Å². The topological polar surface area (TPSA) is 63.6 Å². The van der Waals surface area contributed by atoms with Gasteiger partial charge in [-0.2, -0.15) is 0 Å². The number of aromatic amines is 1. The Morgan fingerprint density at radius 2 is 2.13 bits per heavy atom. The SMILES string of the molecule is C=CCn1c(=O)[nH]c2c3cc(-c4cccnc4)ccc3ncc21. The van der Waals surface area contributed by atoms with Crippen molar-refractivity contribution in [2.75, 3.05) is 0 Å². The van der Waals surface area contributed by atoms with Crippen LogP contribution in [-0.4, -0.2) is 19.5 Å². The quantitative estimate of drug-likeness (QED) is 0.591. The van der Waals surface area contributed by atoms with Crippen LogP contribution in [0.15, 0.2) is 66.4 Å². The summed E-state index contributed by atoms with van der Waals surface area (Å²) >= 11 is 0. The van der Waals surface area contributed by atoms with Crippen molar-refractivity contribution < 1.29 is 0 Å². The van der Waals surface area contributed by atoms with E-state index in [1.807, 2.05) is 36.5 Å². The number of aromatic nitrogens is 4. The molecule has 0 aliphatic heterocycles. The largest absolute Gasteiger partial charge is 0.326 e. The van der Waals surface area contributed by atoms with Gasteiger partial charge >= 0.3 is 5.69 Å². The van der Waals surface area contributed by atoms with Crippen molar-refractivity contribution in [3.8, 4) is 11.1 Å². The second-order valence-corrected chi connectivity index (χ2v) is 5.32. The number of pyridine rings is 2. The average molecular weight is 302 g/mol. The molecule has 0 aliphatic rings. The van der Waals surface area contributed by atoms with E-state index in [0.29, 0.717) is 6.54 Å². The summed E-state index contributed by atoms with van der Waals surface area (Å²) < 4.78 is 1.63. The van der Waals surface area contributed by atoms with Gasteiger partial charge in [0.15, 0.2) is 0 Å². The third-order valence-corrected chi connectivity index (χ3v) is 3.92. The number of benzene rings is 1. The molecule has 0 bridgehead atoms. The van der Waals surface area contributed by atoms with Crippen molar-refractivity contribution in [1.82, 2.24) is 19.5 Å². The molecule has 4 rings (SSSR count). The third-order valence-electron chi connectivity index (χ3n) is 3.92. The van der Waals surface area contributed by atoms with Gasteiger partial charge in [-0.1, -0.05) is 18.2 Å². The molecular formula is C18H14N4O. The lowest BCUT2D eigenvalue weighted by Crippen LogP contribution is -2.15. The van der Waals surface area contributed by atoms with Crippen molar-refractivity contribution in [3.63, 3.8) is 0 Å². The summed E-state index contributed by atoms with van der Waals surface area (Å²) in [5.41, 5.74) is 4.34. The lowest BCUT2D eigenvalue weighted by atomic mass is 10.0. The Bertz CT molecular complexity index is 1080. The average Bonchev–Trinajstić information content (AvgIpc) is 2.92. The highest BCUT2D eigenvalue weighted by molar-refractivity contribution is 6.03. The molecule has 0 atom stereocenters. The van der Waals surface area contributed by atoms with Crippen LogP contribution in [0.1, 0.15) is 0 Å². The van der Waals surface area contributed by atoms with Crippen LogP contribution in [0.3, 0.4) is 0 Å². The van der Waals surface area contributed by atoms with Crippen molar-refractivity contribution >= 4 is 21.9 Å². The fourth-order valence-corrected chi connectivity index (χ4v) is 2.83. The Hall–Kier alpha value is -3.21. The number of rotatable bonds is 3. The summed E-state index contributed by atoms with van der Waals surface area (Å²) in [6.45, 7) is 4.15. The fraction of sp³-hybridized carbons (Fsp3) is 0.0556. The molecule has 0 radical (unpaired) electrons. The van der Waals surface area contributed by atoms with Gasteiger partial charge in [-0.05, 0) is 23.8 Å². The van der Waals surface area contributed by atoms with Crippen molar-refractivity contribution in [1.29, 1.82) is 0 Å². The van der Waals surface area contributed by atoms with E-state index in [0.717, 1.165) is 33.1 Å². The van der Waals surface area contributed by atoms with Crippen molar-refractivity contribution in [2.24, 2.45) is 0 Å². The normalized spacial score (nSPS) is 11.1. The summed E-state index contributed by atoms with van der Waals surface area (Å²) in [5.74, 6) is 0. The second kappa shape index (κ2) is 5.21. The molecule has 0 fully saturated rings. The molecule has 4 aromatic rings. The molecule has 23 heavy (non-hydrogen) atoms. The first-order chi connectivity index (χ1) is 11.3. The Labute approximate surface area is 131 Å². The standard InChI is InChI=1S/C18H14N4O/c1-2-8-22-16-11-20-15-6-5-12(13-4-3-7-19-10-13)9-14(15)17(16)21-18(22)23/h2-7,9-11H,1,8H2,(H,21,23). The minimum atomic E-state index is -0.152. The molecule has 1 aromatic carbocycles. The molecule has 0 saturated carbocycles. The lowest BCUT2D eigenvalue weighted by molar-refractivity contribution is 0.808. The molecule has 112 valence electrons. The highest BCUT2D eigenvalue weighted by atomic mass is 16.1. The van der Waals surface area contributed by atoms with Crippen molar-refractivity contribution in [2.45, 2.75) is 6.54 Å². The minimum absolute atomic E-state index is 0.152. The Morgan fingerprint density at radius 1 is 1.22 bits per heavy atom. The van der Waals surface area contributed by atoms with E-state index in [9.17, 15) is 4.79 Å². The van der Waals surface area contributed by atoms with E-state index >= 15 is 0 Å². The molecule has 0 saturated heterocycles. The van der Waals surface area contributed by atoms with Gasteiger partial charge < -0.3 is 4.98 Å². The third kappa shape index (κ3) is 2.14. The zero-order chi connectivity index (χ0) is 15.8. The van der Waals surface area contributed by atoms with Crippen LogP contribution in [0.4, 0.5) is 0 Å². The fourth-order valence-electron chi connectivity index (χ4n) is 2.83. The number of hydrogen-bond donors (Lipinski definition) is 1. The predicted molar refractivity (Wildman–Crippen MR) is 91.3 cm³/mol. The van der Waals surface area contributed by atoms with Crippen LogP contribution in [-0.2, 0) is 6.54 Å². The summed E-state index contributed by atoms with van der Waals surface area (Å²) in [4.78, 5) is 23.7. The van der Waals surface area contributed by atoms with Gasteiger partial charge in [0.05, 0.1) is 22.7 Å². The first-order valence-electron chi connectivity index (χ1n) is 7.30. The van der Waals surface area contributed by atoms with Crippen LogP contribution in [0.2, 0.25) is 0 Å². The maximum absolute atomic E-state index is 12.1. The Kier molecular flexibility index (Phi) is 3.05. The number of fused-ring (bicyclic) bond motifs is 3. The lowest BCUT2D eigenvalue weighted by Gasteiger charge is -2.05. The van der Waals surface area contributed by atoms with Crippen molar-refractivity contribution in [3.05, 3.63) is 72.1 Å². The molecule has 3 heterocycles. The zero-order valence-corrected chi connectivity index (χ0v) is 12.4. The summed E-state index contributed by atoms with van der Waals surface area (Å²) in [7, 11) is 0. The number of nitrogens with zero attached hydrogens (tertiary/aromatic N) is 3. The van der Waals surface area contributed by atoms with Gasteiger partial charge in [-0.15, -0.1) is 6.58 Å². The van der Waals surface area contributed by atoms with E-state index in [4.69, 9.17) is 0 Å². The van der Waals surface area contributed by atoms with E-state index in [-0.39, 0.29) is 5.69 Å². The molecule has 0 spiro atoms. The highest BCUT2D eigenvalue weighted by Gasteiger charge is 2.10. The monoisotopic (exact) mass is 302 g/mol. The van der Waals surface area contributed by atoms with Crippen LogP contribution in [0.5, 0.6) is 0 Å².